The Balaban J connectivity index is 1.43. The van der Waals surface area contributed by atoms with Gasteiger partial charge < -0.3 is 16.0 Å². The van der Waals surface area contributed by atoms with Crippen molar-refractivity contribution in [1.29, 1.82) is 0 Å². The SMILES string of the molecule is CC1=C(C(=O)Nc2ccc3[nH]ncc3c2)C(c2ccc(-c3ccc(C(F)(F)F)cc3)s2)NC(=O)N1. The van der Waals surface area contributed by atoms with Crippen LogP contribution in [0.4, 0.5) is 23.7 Å². The number of nitrogens with one attached hydrogen (secondary N) is 4. The number of aromatic nitrogens is 2. The summed E-state index contributed by atoms with van der Waals surface area (Å²) in [7, 11) is 0. The van der Waals surface area contributed by atoms with Gasteiger partial charge in [-0.3, -0.25) is 9.89 Å². The maximum atomic E-state index is 13.3. The number of benzene rings is 2. The number of anilines is 1. The molecule has 178 valence electrons. The molecular weight excluding hydrogens is 479 g/mol. The van der Waals surface area contributed by atoms with E-state index in [1.54, 1.807) is 43.5 Å². The zero-order chi connectivity index (χ0) is 24.7. The zero-order valence-corrected chi connectivity index (χ0v) is 19.0. The molecule has 0 saturated heterocycles. The molecule has 5 rings (SSSR count). The van der Waals surface area contributed by atoms with E-state index in [-0.39, 0.29) is 0 Å². The van der Waals surface area contributed by atoms with Gasteiger partial charge in [-0.25, -0.2) is 4.79 Å². The van der Waals surface area contributed by atoms with Gasteiger partial charge in [-0.05, 0) is 55.0 Å². The largest absolute Gasteiger partial charge is 0.416 e. The van der Waals surface area contributed by atoms with Crippen LogP contribution in [-0.2, 0) is 11.0 Å². The van der Waals surface area contributed by atoms with Gasteiger partial charge in [0.25, 0.3) is 5.91 Å². The molecule has 1 atom stereocenters. The van der Waals surface area contributed by atoms with E-state index in [2.05, 4.69) is 26.1 Å². The molecule has 0 spiro atoms. The monoisotopic (exact) mass is 497 g/mol. The molecule has 0 bridgehead atoms. The van der Waals surface area contributed by atoms with Crippen LogP contribution in [0.2, 0.25) is 0 Å². The van der Waals surface area contributed by atoms with Crippen molar-refractivity contribution in [1.82, 2.24) is 20.8 Å². The number of hydrogen-bond acceptors (Lipinski definition) is 4. The normalized spacial score (nSPS) is 16.2. The Labute approximate surface area is 201 Å². The summed E-state index contributed by atoms with van der Waals surface area (Å²) in [6.45, 7) is 1.64. The molecule has 1 aliphatic heterocycles. The third kappa shape index (κ3) is 4.50. The third-order valence-corrected chi connectivity index (χ3v) is 6.82. The Bertz CT molecular complexity index is 1470. The Kier molecular flexibility index (Phi) is 5.56. The Morgan fingerprint density at radius 2 is 1.86 bits per heavy atom. The summed E-state index contributed by atoms with van der Waals surface area (Å²) in [6.07, 6.45) is -2.76. The van der Waals surface area contributed by atoms with E-state index in [1.165, 1.54) is 23.5 Å². The minimum Gasteiger partial charge on any atom is -0.326 e. The summed E-state index contributed by atoms with van der Waals surface area (Å²) in [5.41, 5.74) is 2.01. The van der Waals surface area contributed by atoms with Crippen molar-refractivity contribution in [2.75, 3.05) is 5.32 Å². The van der Waals surface area contributed by atoms with Gasteiger partial charge in [0.15, 0.2) is 0 Å². The van der Waals surface area contributed by atoms with E-state index in [0.717, 1.165) is 23.0 Å². The highest BCUT2D eigenvalue weighted by molar-refractivity contribution is 7.15. The summed E-state index contributed by atoms with van der Waals surface area (Å²) in [5, 5.41) is 15.9. The number of hydrogen-bond donors (Lipinski definition) is 4. The number of carbonyl (C=O) groups is 2. The van der Waals surface area contributed by atoms with Crippen molar-refractivity contribution in [3.05, 3.63) is 82.5 Å². The number of allylic oxidation sites excluding steroid dienone is 1. The van der Waals surface area contributed by atoms with Crippen LogP contribution >= 0.6 is 11.3 Å². The van der Waals surface area contributed by atoms with Gasteiger partial charge >= 0.3 is 12.2 Å². The lowest BCUT2D eigenvalue weighted by atomic mass is 10.0. The number of amides is 3. The minimum atomic E-state index is -4.41. The molecule has 4 N–H and O–H groups in total. The molecule has 2 aromatic carbocycles. The first-order chi connectivity index (χ1) is 16.7. The smallest absolute Gasteiger partial charge is 0.326 e. The van der Waals surface area contributed by atoms with E-state index in [9.17, 15) is 22.8 Å². The van der Waals surface area contributed by atoms with Crippen LogP contribution in [0.3, 0.4) is 0 Å². The average molecular weight is 498 g/mol. The molecule has 0 saturated carbocycles. The molecule has 3 amide bonds. The molecule has 0 radical (unpaired) electrons. The highest BCUT2D eigenvalue weighted by atomic mass is 32.1. The molecular formula is C24H18F3N5O2S. The molecule has 11 heteroatoms. The number of alkyl halides is 3. The first kappa shape index (κ1) is 22.7. The predicted octanol–water partition coefficient (Wildman–Crippen LogP) is 5.58. The summed E-state index contributed by atoms with van der Waals surface area (Å²) in [6, 6.07) is 12.5. The van der Waals surface area contributed by atoms with Gasteiger partial charge in [-0.2, -0.15) is 18.3 Å². The predicted molar refractivity (Wildman–Crippen MR) is 127 cm³/mol. The van der Waals surface area contributed by atoms with Crippen LogP contribution in [-0.4, -0.2) is 22.1 Å². The molecule has 1 aliphatic rings. The number of aromatic amines is 1. The number of halogens is 3. The number of nitrogens with zero attached hydrogens (tertiary/aromatic N) is 1. The molecule has 4 aromatic rings. The Morgan fingerprint density at radius 3 is 2.60 bits per heavy atom. The molecule has 7 nitrogen and oxygen atoms in total. The fourth-order valence-corrected chi connectivity index (χ4v) is 4.99. The molecule has 1 unspecified atom stereocenters. The molecule has 3 heterocycles. The van der Waals surface area contributed by atoms with E-state index in [1.807, 2.05) is 0 Å². The molecule has 35 heavy (non-hydrogen) atoms. The summed E-state index contributed by atoms with van der Waals surface area (Å²) >= 11 is 1.29. The summed E-state index contributed by atoms with van der Waals surface area (Å²) in [4.78, 5) is 26.9. The second-order valence-electron chi connectivity index (χ2n) is 7.97. The Morgan fingerprint density at radius 1 is 1.09 bits per heavy atom. The minimum absolute atomic E-state index is 0.331. The average Bonchev–Trinajstić information content (AvgIpc) is 3.47. The number of carbonyl (C=O) groups excluding carboxylic acids is 2. The number of thiophene rings is 1. The Hall–Kier alpha value is -4.12. The topological polar surface area (TPSA) is 98.9 Å². The van der Waals surface area contributed by atoms with Crippen LogP contribution in [0.25, 0.3) is 21.3 Å². The second-order valence-corrected chi connectivity index (χ2v) is 9.09. The van der Waals surface area contributed by atoms with Crippen molar-refractivity contribution >= 4 is 39.9 Å². The van der Waals surface area contributed by atoms with Crippen molar-refractivity contribution in [3.63, 3.8) is 0 Å². The van der Waals surface area contributed by atoms with Gasteiger partial charge in [0.1, 0.15) is 0 Å². The van der Waals surface area contributed by atoms with E-state index < -0.39 is 29.7 Å². The summed E-state index contributed by atoms with van der Waals surface area (Å²) in [5.74, 6) is -0.396. The molecule has 0 aliphatic carbocycles. The number of urea groups is 1. The summed E-state index contributed by atoms with van der Waals surface area (Å²) < 4.78 is 38.7. The van der Waals surface area contributed by atoms with Gasteiger partial charge in [0.2, 0.25) is 0 Å². The van der Waals surface area contributed by atoms with Crippen molar-refractivity contribution in [2.45, 2.75) is 19.1 Å². The zero-order valence-electron chi connectivity index (χ0n) is 18.2. The highest BCUT2D eigenvalue weighted by Crippen LogP contribution is 2.37. The van der Waals surface area contributed by atoms with Gasteiger partial charge in [0, 0.05) is 26.5 Å². The fourth-order valence-electron chi connectivity index (χ4n) is 3.91. The van der Waals surface area contributed by atoms with Crippen LogP contribution in [0.15, 0.2) is 72.1 Å². The second kappa shape index (κ2) is 8.58. The third-order valence-electron chi connectivity index (χ3n) is 5.62. The van der Waals surface area contributed by atoms with E-state index in [0.29, 0.717) is 32.3 Å². The van der Waals surface area contributed by atoms with Gasteiger partial charge in [-0.1, -0.05) is 12.1 Å². The van der Waals surface area contributed by atoms with E-state index >= 15 is 0 Å². The van der Waals surface area contributed by atoms with Gasteiger partial charge in [0.05, 0.1) is 28.9 Å². The lowest BCUT2D eigenvalue weighted by Crippen LogP contribution is -2.45. The van der Waals surface area contributed by atoms with Crippen molar-refractivity contribution in [2.24, 2.45) is 0 Å². The first-order valence-corrected chi connectivity index (χ1v) is 11.3. The fraction of sp³-hybridized carbons (Fsp3) is 0.125. The molecule has 0 fully saturated rings. The van der Waals surface area contributed by atoms with Crippen molar-refractivity contribution < 1.29 is 22.8 Å². The first-order valence-electron chi connectivity index (χ1n) is 10.5. The van der Waals surface area contributed by atoms with Gasteiger partial charge in [-0.15, -0.1) is 11.3 Å². The number of H-pyrrole nitrogens is 1. The van der Waals surface area contributed by atoms with Crippen LogP contribution < -0.4 is 16.0 Å². The number of rotatable bonds is 4. The van der Waals surface area contributed by atoms with E-state index in [4.69, 9.17) is 0 Å². The number of fused-ring (bicyclic) bond motifs is 1. The maximum Gasteiger partial charge on any atom is 0.416 e. The highest BCUT2D eigenvalue weighted by Gasteiger charge is 2.33. The lowest BCUT2D eigenvalue weighted by molar-refractivity contribution is -0.137. The molecule has 2 aromatic heterocycles. The van der Waals surface area contributed by atoms with Crippen LogP contribution in [0, 0.1) is 0 Å². The van der Waals surface area contributed by atoms with Crippen molar-refractivity contribution in [3.8, 4) is 10.4 Å². The standard InChI is InChI=1S/C24H18F3N5O2S/c1-12-20(22(33)30-16-6-7-17-14(10-16)11-28-32-17)21(31-23(34)29-12)19-9-8-18(35-19)13-2-4-15(5-3-13)24(25,26)27/h2-11,21H,1H3,(H,28,32)(H,30,33)(H2,29,31,34). The lowest BCUT2D eigenvalue weighted by Gasteiger charge is -2.27. The van der Waals surface area contributed by atoms with Crippen LogP contribution in [0.1, 0.15) is 23.4 Å². The maximum absolute atomic E-state index is 13.3. The van der Waals surface area contributed by atoms with Crippen LogP contribution in [0.5, 0.6) is 0 Å². The quantitative estimate of drug-likeness (QED) is 0.296.